The van der Waals surface area contributed by atoms with Crippen LogP contribution in [0, 0.1) is 5.92 Å². The van der Waals surface area contributed by atoms with Gasteiger partial charge in [-0.05, 0) is 17.7 Å². The number of nitrogens with one attached hydrogen (secondary N) is 1. The number of para-hydroxylation sites is 1. The molecule has 0 unspecified atom stereocenters. The van der Waals surface area contributed by atoms with Crippen LogP contribution in [0.2, 0.25) is 0 Å². The van der Waals surface area contributed by atoms with Gasteiger partial charge in [-0.3, -0.25) is 9.59 Å². The molecule has 0 radical (unpaired) electrons. The zero-order valence-electron chi connectivity index (χ0n) is 14.5. The van der Waals surface area contributed by atoms with E-state index in [0.29, 0.717) is 18.8 Å². The highest BCUT2D eigenvalue weighted by Gasteiger charge is 2.34. The molecule has 0 aromatic heterocycles. The van der Waals surface area contributed by atoms with Crippen LogP contribution in [0.1, 0.15) is 22.3 Å². The fraction of sp³-hybridized carbons (Fsp3) is 0.250. The molecule has 134 valence electrons. The predicted octanol–water partition coefficient (Wildman–Crippen LogP) is 2.46. The summed E-state index contributed by atoms with van der Waals surface area (Å²) in [6.07, 6.45) is 0.166. The molecular formula is C20H20N2O4. The highest BCUT2D eigenvalue weighted by atomic mass is 16.5. The largest absolute Gasteiger partial charge is 0.465 e. The van der Waals surface area contributed by atoms with Gasteiger partial charge in [0.05, 0.1) is 24.3 Å². The number of benzene rings is 2. The van der Waals surface area contributed by atoms with Gasteiger partial charge in [-0.1, -0.05) is 42.5 Å². The number of hydrogen-bond acceptors (Lipinski definition) is 4. The number of methoxy groups -OCH3 is 1. The maximum absolute atomic E-state index is 12.6. The van der Waals surface area contributed by atoms with Crippen molar-refractivity contribution >= 4 is 23.5 Å². The topological polar surface area (TPSA) is 75.7 Å². The molecule has 1 heterocycles. The van der Waals surface area contributed by atoms with Gasteiger partial charge < -0.3 is 15.0 Å². The van der Waals surface area contributed by atoms with Crippen LogP contribution in [-0.4, -0.2) is 36.3 Å². The second-order valence-corrected chi connectivity index (χ2v) is 6.19. The summed E-state index contributed by atoms with van der Waals surface area (Å²) in [5.74, 6) is -1.29. The van der Waals surface area contributed by atoms with Gasteiger partial charge in [0.1, 0.15) is 0 Å². The van der Waals surface area contributed by atoms with Gasteiger partial charge in [0.15, 0.2) is 0 Å². The molecule has 1 saturated heterocycles. The van der Waals surface area contributed by atoms with E-state index < -0.39 is 11.9 Å². The summed E-state index contributed by atoms with van der Waals surface area (Å²) < 4.78 is 4.73. The zero-order valence-corrected chi connectivity index (χ0v) is 14.5. The van der Waals surface area contributed by atoms with E-state index in [-0.39, 0.29) is 23.8 Å². The summed E-state index contributed by atoms with van der Waals surface area (Å²) in [7, 11) is 1.29. The molecule has 1 atom stereocenters. The Morgan fingerprint density at radius 2 is 1.81 bits per heavy atom. The molecule has 26 heavy (non-hydrogen) atoms. The van der Waals surface area contributed by atoms with Crippen molar-refractivity contribution in [3.8, 4) is 0 Å². The predicted molar refractivity (Wildman–Crippen MR) is 96.4 cm³/mol. The van der Waals surface area contributed by atoms with Crippen LogP contribution in [0.3, 0.4) is 0 Å². The van der Waals surface area contributed by atoms with Crippen molar-refractivity contribution in [1.82, 2.24) is 4.90 Å². The molecule has 0 spiro atoms. The average molecular weight is 352 g/mol. The Morgan fingerprint density at radius 1 is 1.12 bits per heavy atom. The van der Waals surface area contributed by atoms with Gasteiger partial charge in [-0.2, -0.15) is 0 Å². The minimum atomic E-state index is -0.519. The van der Waals surface area contributed by atoms with Gasteiger partial charge in [0.2, 0.25) is 11.8 Å². The quantitative estimate of drug-likeness (QED) is 0.839. The summed E-state index contributed by atoms with van der Waals surface area (Å²) >= 11 is 0. The molecule has 2 aromatic carbocycles. The van der Waals surface area contributed by atoms with E-state index in [0.717, 1.165) is 5.56 Å². The van der Waals surface area contributed by atoms with Crippen molar-refractivity contribution in [1.29, 1.82) is 0 Å². The second kappa shape index (κ2) is 7.82. The molecular weight excluding hydrogens is 332 g/mol. The molecule has 0 saturated carbocycles. The van der Waals surface area contributed by atoms with E-state index in [1.807, 2.05) is 30.3 Å². The van der Waals surface area contributed by atoms with Crippen molar-refractivity contribution in [3.05, 3.63) is 65.7 Å². The summed E-state index contributed by atoms with van der Waals surface area (Å²) in [6, 6.07) is 16.3. The minimum Gasteiger partial charge on any atom is -0.465 e. The van der Waals surface area contributed by atoms with E-state index in [4.69, 9.17) is 4.74 Å². The van der Waals surface area contributed by atoms with E-state index in [1.165, 1.54) is 7.11 Å². The first kappa shape index (κ1) is 17.7. The van der Waals surface area contributed by atoms with Crippen molar-refractivity contribution in [2.75, 3.05) is 19.0 Å². The van der Waals surface area contributed by atoms with Crippen molar-refractivity contribution in [2.24, 2.45) is 5.92 Å². The number of carbonyl (C=O) groups excluding carboxylic acids is 3. The first-order valence-electron chi connectivity index (χ1n) is 8.38. The molecule has 2 amide bonds. The Hall–Kier alpha value is -3.15. The molecule has 2 aromatic rings. The van der Waals surface area contributed by atoms with Crippen molar-refractivity contribution < 1.29 is 19.1 Å². The SMILES string of the molecule is COC(=O)c1ccccc1NC(=O)[C@@H]1CC(=O)N(Cc2ccccc2)C1. The number of rotatable bonds is 5. The van der Waals surface area contributed by atoms with Gasteiger partial charge in [0.25, 0.3) is 0 Å². The summed E-state index contributed by atoms with van der Waals surface area (Å²) in [5, 5.41) is 2.75. The van der Waals surface area contributed by atoms with Crippen LogP contribution in [0.5, 0.6) is 0 Å². The number of anilines is 1. The highest BCUT2D eigenvalue weighted by Crippen LogP contribution is 2.23. The van der Waals surface area contributed by atoms with Crippen molar-refractivity contribution in [3.63, 3.8) is 0 Å². The normalized spacial score (nSPS) is 16.4. The molecule has 1 N–H and O–H groups in total. The number of likely N-dealkylation sites (tertiary alicyclic amines) is 1. The second-order valence-electron chi connectivity index (χ2n) is 6.19. The van der Waals surface area contributed by atoms with Crippen molar-refractivity contribution in [2.45, 2.75) is 13.0 Å². The molecule has 0 aliphatic carbocycles. The van der Waals surface area contributed by atoms with E-state index >= 15 is 0 Å². The smallest absolute Gasteiger partial charge is 0.339 e. The lowest BCUT2D eigenvalue weighted by molar-refractivity contribution is -0.128. The lowest BCUT2D eigenvalue weighted by Gasteiger charge is -2.17. The number of amides is 2. The Labute approximate surface area is 151 Å². The fourth-order valence-electron chi connectivity index (χ4n) is 3.02. The first-order valence-corrected chi connectivity index (χ1v) is 8.38. The highest BCUT2D eigenvalue weighted by molar-refractivity contribution is 6.03. The maximum Gasteiger partial charge on any atom is 0.339 e. The van der Waals surface area contributed by atoms with Crippen LogP contribution in [0.4, 0.5) is 5.69 Å². The Kier molecular flexibility index (Phi) is 5.31. The van der Waals surface area contributed by atoms with Crippen LogP contribution < -0.4 is 5.32 Å². The van der Waals surface area contributed by atoms with E-state index in [2.05, 4.69) is 5.32 Å². The molecule has 6 heteroatoms. The Morgan fingerprint density at radius 3 is 2.54 bits per heavy atom. The molecule has 1 aliphatic rings. The standard InChI is InChI=1S/C20H20N2O4/c1-26-20(25)16-9-5-6-10-17(16)21-19(24)15-11-18(23)22(13-15)12-14-7-3-2-4-8-14/h2-10,15H,11-13H2,1H3,(H,21,24)/t15-/m1/s1. The summed E-state index contributed by atoms with van der Waals surface area (Å²) in [6.45, 7) is 0.849. The number of carbonyl (C=O) groups is 3. The summed E-state index contributed by atoms with van der Waals surface area (Å²) in [5.41, 5.74) is 1.70. The monoisotopic (exact) mass is 352 g/mol. The lowest BCUT2D eigenvalue weighted by atomic mass is 10.1. The van der Waals surface area contributed by atoms with Gasteiger partial charge >= 0.3 is 5.97 Å². The van der Waals surface area contributed by atoms with Crippen LogP contribution in [-0.2, 0) is 20.9 Å². The van der Waals surface area contributed by atoms with Gasteiger partial charge in [0, 0.05) is 19.5 Å². The average Bonchev–Trinajstić information content (AvgIpc) is 3.03. The van der Waals surface area contributed by atoms with E-state index in [1.54, 1.807) is 29.2 Å². The number of hydrogen-bond donors (Lipinski definition) is 1. The van der Waals surface area contributed by atoms with Crippen LogP contribution >= 0.6 is 0 Å². The van der Waals surface area contributed by atoms with Gasteiger partial charge in [-0.15, -0.1) is 0 Å². The molecule has 1 aliphatic heterocycles. The number of esters is 1. The molecule has 1 fully saturated rings. The van der Waals surface area contributed by atoms with Crippen LogP contribution in [0.25, 0.3) is 0 Å². The molecule has 0 bridgehead atoms. The third kappa shape index (κ3) is 3.91. The summed E-state index contributed by atoms with van der Waals surface area (Å²) in [4.78, 5) is 38.3. The Balaban J connectivity index is 1.66. The third-order valence-electron chi connectivity index (χ3n) is 4.39. The van der Waals surface area contributed by atoms with Gasteiger partial charge in [-0.25, -0.2) is 4.79 Å². The Bertz CT molecular complexity index is 820. The number of nitrogens with zero attached hydrogens (tertiary/aromatic N) is 1. The number of ether oxygens (including phenoxy) is 1. The minimum absolute atomic E-state index is 0.0461. The third-order valence-corrected chi connectivity index (χ3v) is 4.39. The molecule has 6 nitrogen and oxygen atoms in total. The lowest BCUT2D eigenvalue weighted by Crippen LogP contribution is -2.28. The molecule has 3 rings (SSSR count). The first-order chi connectivity index (χ1) is 12.6. The maximum atomic E-state index is 12.6. The fourth-order valence-corrected chi connectivity index (χ4v) is 3.02. The zero-order chi connectivity index (χ0) is 18.5. The van der Waals surface area contributed by atoms with Crippen LogP contribution in [0.15, 0.2) is 54.6 Å². The van der Waals surface area contributed by atoms with E-state index in [9.17, 15) is 14.4 Å².